The fourth-order valence-corrected chi connectivity index (χ4v) is 7.79. The topological polar surface area (TPSA) is 25.8 Å². The van der Waals surface area contributed by atoms with E-state index in [1.54, 1.807) is 6.33 Å². The highest BCUT2D eigenvalue weighted by molar-refractivity contribution is 6.22. The van der Waals surface area contributed by atoms with Gasteiger partial charge in [0.1, 0.15) is 6.33 Å². The van der Waals surface area contributed by atoms with Crippen LogP contribution < -0.4 is 0 Å². The zero-order chi connectivity index (χ0) is 34.4. The first-order valence-corrected chi connectivity index (χ1v) is 17.7. The molecule has 2 nitrogen and oxygen atoms in total. The van der Waals surface area contributed by atoms with E-state index in [1.165, 1.54) is 70.9 Å². The highest BCUT2D eigenvalue weighted by atomic mass is 14.8. The van der Waals surface area contributed by atoms with Gasteiger partial charge in [0.25, 0.3) is 0 Å². The maximum atomic E-state index is 4.62. The van der Waals surface area contributed by atoms with Crippen LogP contribution in [-0.4, -0.2) is 9.97 Å². The monoisotopic (exact) mass is 660 g/mol. The van der Waals surface area contributed by atoms with E-state index in [9.17, 15) is 0 Å². The fourth-order valence-electron chi connectivity index (χ4n) is 7.79. The van der Waals surface area contributed by atoms with Gasteiger partial charge in [0.15, 0.2) is 0 Å². The molecule has 0 aliphatic carbocycles. The molecule has 0 aliphatic heterocycles. The van der Waals surface area contributed by atoms with Crippen molar-refractivity contribution >= 4 is 43.1 Å². The normalized spacial score (nSPS) is 11.5. The van der Waals surface area contributed by atoms with Crippen molar-refractivity contribution in [3.8, 4) is 55.9 Å². The standard InChI is InChI=1S/C50H32N2/c1-2-12-36(13-3-1)47-31-48(52-32-51-47)37-22-18-35(19-23-37)40-26-27-45-46(30-40)50(42-25-21-34-11-5-7-15-39(34)29-42)44-17-9-8-16-43(44)49(45)41-24-20-33-10-4-6-14-38(33)28-41/h1-32H. The van der Waals surface area contributed by atoms with Crippen molar-refractivity contribution in [2.45, 2.75) is 0 Å². The van der Waals surface area contributed by atoms with Gasteiger partial charge in [0.2, 0.25) is 0 Å². The first-order chi connectivity index (χ1) is 25.8. The summed E-state index contributed by atoms with van der Waals surface area (Å²) < 4.78 is 0. The molecule has 1 aromatic heterocycles. The van der Waals surface area contributed by atoms with Crippen LogP contribution in [0.2, 0.25) is 0 Å². The number of hydrogen-bond donors (Lipinski definition) is 0. The van der Waals surface area contributed by atoms with Crippen LogP contribution in [0, 0.1) is 0 Å². The third-order valence-electron chi connectivity index (χ3n) is 10.4. The lowest BCUT2D eigenvalue weighted by Crippen LogP contribution is -1.92. The van der Waals surface area contributed by atoms with Gasteiger partial charge in [-0.2, -0.15) is 0 Å². The number of rotatable bonds is 5. The van der Waals surface area contributed by atoms with Gasteiger partial charge in [-0.1, -0.05) is 164 Å². The van der Waals surface area contributed by atoms with Crippen LogP contribution in [0.1, 0.15) is 0 Å². The molecule has 0 bridgehead atoms. The summed E-state index contributed by atoms with van der Waals surface area (Å²) in [5.74, 6) is 0. The number of aromatic nitrogens is 2. The van der Waals surface area contributed by atoms with E-state index in [0.717, 1.165) is 28.1 Å². The average Bonchev–Trinajstić information content (AvgIpc) is 3.22. The van der Waals surface area contributed by atoms with E-state index in [2.05, 4.69) is 180 Å². The molecule has 1 heterocycles. The van der Waals surface area contributed by atoms with Crippen molar-refractivity contribution in [1.82, 2.24) is 9.97 Å². The third kappa shape index (κ3) is 5.21. The number of nitrogens with zero attached hydrogens (tertiary/aromatic N) is 2. The molecule has 0 atom stereocenters. The predicted octanol–water partition coefficient (Wildman–Crippen LogP) is 13.4. The van der Waals surface area contributed by atoms with E-state index in [-0.39, 0.29) is 0 Å². The van der Waals surface area contributed by atoms with Crippen LogP contribution in [-0.2, 0) is 0 Å². The molecule has 242 valence electrons. The summed E-state index contributed by atoms with van der Waals surface area (Å²) in [4.78, 5) is 9.15. The summed E-state index contributed by atoms with van der Waals surface area (Å²) in [5, 5.41) is 9.96. The van der Waals surface area contributed by atoms with Crippen LogP contribution in [0.4, 0.5) is 0 Å². The highest BCUT2D eigenvalue weighted by Gasteiger charge is 2.18. The van der Waals surface area contributed by atoms with Gasteiger partial charge in [0, 0.05) is 11.1 Å². The van der Waals surface area contributed by atoms with Gasteiger partial charge in [0.05, 0.1) is 11.4 Å². The molecule has 0 saturated carbocycles. The van der Waals surface area contributed by atoms with E-state index >= 15 is 0 Å². The highest BCUT2D eigenvalue weighted by Crippen LogP contribution is 2.45. The maximum absolute atomic E-state index is 4.62. The molecule has 10 aromatic rings. The van der Waals surface area contributed by atoms with Crippen LogP contribution >= 0.6 is 0 Å². The van der Waals surface area contributed by atoms with Gasteiger partial charge in [-0.15, -0.1) is 0 Å². The lowest BCUT2D eigenvalue weighted by Gasteiger charge is -2.19. The Bertz CT molecular complexity index is 2940. The number of hydrogen-bond acceptors (Lipinski definition) is 2. The number of fused-ring (bicyclic) bond motifs is 4. The van der Waals surface area contributed by atoms with Crippen LogP contribution in [0.15, 0.2) is 194 Å². The Balaban J connectivity index is 1.17. The Kier molecular flexibility index (Phi) is 7.18. The SMILES string of the molecule is c1ccc(-c2cc(-c3ccc(-c4ccc5c(-c6ccc7ccccc7c6)c6ccccc6c(-c6ccc7ccccc7c6)c5c4)cc3)ncn2)cc1. The van der Waals surface area contributed by atoms with E-state index < -0.39 is 0 Å². The van der Waals surface area contributed by atoms with Gasteiger partial charge in [-0.05, 0) is 101 Å². The van der Waals surface area contributed by atoms with E-state index in [4.69, 9.17) is 0 Å². The van der Waals surface area contributed by atoms with Crippen molar-refractivity contribution in [2.75, 3.05) is 0 Å². The van der Waals surface area contributed by atoms with Crippen molar-refractivity contribution in [3.05, 3.63) is 194 Å². The third-order valence-corrected chi connectivity index (χ3v) is 10.4. The minimum Gasteiger partial charge on any atom is -0.236 e. The summed E-state index contributed by atoms with van der Waals surface area (Å²) in [6.07, 6.45) is 1.65. The largest absolute Gasteiger partial charge is 0.236 e. The molecule has 0 fully saturated rings. The molecule has 10 rings (SSSR count). The summed E-state index contributed by atoms with van der Waals surface area (Å²) in [5.41, 5.74) is 11.3. The van der Waals surface area contributed by atoms with Crippen LogP contribution in [0.25, 0.3) is 99.0 Å². The zero-order valence-corrected chi connectivity index (χ0v) is 28.4. The van der Waals surface area contributed by atoms with E-state index in [1.807, 2.05) is 18.2 Å². The van der Waals surface area contributed by atoms with Gasteiger partial charge in [-0.3, -0.25) is 0 Å². The molecule has 0 unspecified atom stereocenters. The molecule has 0 N–H and O–H groups in total. The molecular weight excluding hydrogens is 629 g/mol. The van der Waals surface area contributed by atoms with Crippen LogP contribution in [0.5, 0.6) is 0 Å². The molecule has 0 aliphatic rings. The molecular formula is C50H32N2. The molecule has 2 heteroatoms. The number of benzene rings is 9. The minimum absolute atomic E-state index is 0.906. The lowest BCUT2D eigenvalue weighted by atomic mass is 9.84. The van der Waals surface area contributed by atoms with Gasteiger partial charge < -0.3 is 0 Å². The summed E-state index contributed by atoms with van der Waals surface area (Å²) >= 11 is 0. The quantitative estimate of drug-likeness (QED) is 0.172. The average molecular weight is 661 g/mol. The Morgan fingerprint density at radius 2 is 0.692 bits per heavy atom. The predicted molar refractivity (Wildman–Crippen MR) is 219 cm³/mol. The van der Waals surface area contributed by atoms with Gasteiger partial charge in [-0.25, -0.2) is 9.97 Å². The van der Waals surface area contributed by atoms with Gasteiger partial charge >= 0.3 is 0 Å². The smallest absolute Gasteiger partial charge is 0.116 e. The van der Waals surface area contributed by atoms with Crippen molar-refractivity contribution in [1.29, 1.82) is 0 Å². The molecule has 0 amide bonds. The molecule has 52 heavy (non-hydrogen) atoms. The second-order valence-corrected chi connectivity index (χ2v) is 13.4. The molecule has 9 aromatic carbocycles. The second kappa shape index (κ2) is 12.5. The van der Waals surface area contributed by atoms with Crippen molar-refractivity contribution in [3.63, 3.8) is 0 Å². The molecule has 0 spiro atoms. The Hall–Kier alpha value is -6.90. The van der Waals surface area contributed by atoms with E-state index in [0.29, 0.717) is 0 Å². The van der Waals surface area contributed by atoms with Crippen molar-refractivity contribution < 1.29 is 0 Å². The minimum atomic E-state index is 0.906. The lowest BCUT2D eigenvalue weighted by molar-refractivity contribution is 1.18. The Labute approximate surface area is 302 Å². The summed E-state index contributed by atoms with van der Waals surface area (Å²) in [6, 6.07) is 68.0. The molecule has 0 saturated heterocycles. The first-order valence-electron chi connectivity index (χ1n) is 17.7. The van der Waals surface area contributed by atoms with Crippen molar-refractivity contribution in [2.24, 2.45) is 0 Å². The molecule has 0 radical (unpaired) electrons. The fraction of sp³-hybridized carbons (Fsp3) is 0. The Morgan fingerprint density at radius 1 is 0.250 bits per heavy atom. The first kappa shape index (κ1) is 30.0. The maximum Gasteiger partial charge on any atom is 0.116 e. The summed E-state index contributed by atoms with van der Waals surface area (Å²) in [7, 11) is 0. The van der Waals surface area contributed by atoms with Crippen LogP contribution in [0.3, 0.4) is 0 Å². The zero-order valence-electron chi connectivity index (χ0n) is 28.4. The summed E-state index contributed by atoms with van der Waals surface area (Å²) in [6.45, 7) is 0. The second-order valence-electron chi connectivity index (χ2n) is 13.4. The Morgan fingerprint density at radius 3 is 1.31 bits per heavy atom.